The summed E-state index contributed by atoms with van der Waals surface area (Å²) in [5.41, 5.74) is -1.77. The SMILES string of the molecule is C=Cc1c(F)c(F)c(C#C[C]2[CH][CH][CH][CH]2)c(F)c1F.[CH]1[CH][CH][CH][CH]1.[Fe+2]. The van der Waals surface area contributed by atoms with Crippen molar-refractivity contribution in [3.05, 3.63) is 105 Å². The average molecular weight is 384 g/mol. The van der Waals surface area contributed by atoms with Gasteiger partial charge in [-0.15, -0.1) is 0 Å². The van der Waals surface area contributed by atoms with E-state index in [-0.39, 0.29) is 17.1 Å². The summed E-state index contributed by atoms with van der Waals surface area (Å²) in [7, 11) is 0. The number of hydrogen-bond acceptors (Lipinski definition) is 0. The molecule has 10 radical (unpaired) electrons. The summed E-state index contributed by atoms with van der Waals surface area (Å²) in [6.07, 6.45) is 17.3. The quantitative estimate of drug-likeness (QED) is 0.286. The van der Waals surface area contributed by atoms with E-state index in [1.807, 2.05) is 32.1 Å². The molecule has 1 aromatic carbocycles. The summed E-state index contributed by atoms with van der Waals surface area (Å²) >= 11 is 0. The molecule has 0 aromatic heterocycles. The average Bonchev–Trinajstić information content (AvgIpc) is 3.30. The van der Waals surface area contributed by atoms with Crippen LogP contribution >= 0.6 is 0 Å². The molecule has 2 fully saturated rings. The maximum atomic E-state index is 13.6. The maximum Gasteiger partial charge on any atom is 2.00 e. The Kier molecular flexibility index (Phi) is 9.32. The molecule has 0 nitrogen and oxygen atoms in total. The van der Waals surface area contributed by atoms with Crippen molar-refractivity contribution in [1.29, 1.82) is 0 Å². The largest absolute Gasteiger partial charge is 2.00 e. The van der Waals surface area contributed by atoms with Crippen LogP contribution in [-0.2, 0) is 17.1 Å². The Morgan fingerprint density at radius 2 is 1.12 bits per heavy atom. The van der Waals surface area contributed by atoms with Crippen LogP contribution < -0.4 is 0 Å². The van der Waals surface area contributed by atoms with E-state index in [1.165, 1.54) is 0 Å². The Morgan fingerprint density at radius 1 is 0.680 bits per heavy atom. The third-order valence-corrected chi connectivity index (χ3v) is 3.05. The van der Waals surface area contributed by atoms with E-state index in [9.17, 15) is 17.6 Å². The number of halogens is 4. The molecule has 2 aliphatic rings. The zero-order valence-electron chi connectivity index (χ0n) is 12.8. The minimum absolute atomic E-state index is 0. The molecule has 126 valence electrons. The van der Waals surface area contributed by atoms with Gasteiger partial charge in [0.1, 0.15) is 5.56 Å². The second-order valence-corrected chi connectivity index (χ2v) is 4.63. The van der Waals surface area contributed by atoms with Gasteiger partial charge in [0.25, 0.3) is 0 Å². The maximum absolute atomic E-state index is 13.6. The summed E-state index contributed by atoms with van der Waals surface area (Å²) in [4.78, 5) is 0. The molecule has 0 saturated heterocycles. The molecular weight excluding hydrogens is 372 g/mol. The van der Waals surface area contributed by atoms with Gasteiger partial charge in [-0.05, 0) is 57.8 Å². The third-order valence-electron chi connectivity index (χ3n) is 3.05. The number of hydrogen-bond donors (Lipinski definition) is 0. The van der Waals surface area contributed by atoms with Crippen LogP contribution in [0.3, 0.4) is 0 Å². The fourth-order valence-electron chi connectivity index (χ4n) is 1.85. The summed E-state index contributed by atoms with van der Waals surface area (Å²) < 4.78 is 54.1. The number of benzene rings is 1. The van der Waals surface area contributed by atoms with Crippen LogP contribution in [0.15, 0.2) is 6.58 Å². The fourth-order valence-corrected chi connectivity index (χ4v) is 1.85. The molecule has 5 heteroatoms. The minimum Gasteiger partial charge on any atom is -0.203 e. The second kappa shape index (κ2) is 10.7. The predicted octanol–water partition coefficient (Wildman–Crippen LogP) is 4.66. The Hall–Kier alpha value is -1.24. The molecule has 1 aromatic rings. The summed E-state index contributed by atoms with van der Waals surface area (Å²) in [5.74, 6) is -1.02. The van der Waals surface area contributed by atoms with Gasteiger partial charge in [0.2, 0.25) is 0 Å². The van der Waals surface area contributed by atoms with Crippen molar-refractivity contribution in [2.75, 3.05) is 0 Å². The zero-order valence-corrected chi connectivity index (χ0v) is 14.0. The molecule has 0 atom stereocenters. The topological polar surface area (TPSA) is 0 Å². The van der Waals surface area contributed by atoms with Gasteiger partial charge in [0.05, 0.1) is 11.5 Å². The molecule has 2 saturated carbocycles. The standard InChI is InChI=1S/C15H7F4.C5H5.Fe/c1-2-10-12(16)14(18)11(15(19)13(10)17)8-7-9-5-3-4-6-9;1-2-4-5-3-1;/h2-6H,1H2;1-5H;/q;;+2. The van der Waals surface area contributed by atoms with E-state index in [0.717, 1.165) is 0 Å². The van der Waals surface area contributed by atoms with Crippen LogP contribution in [0.2, 0.25) is 0 Å². The molecule has 3 rings (SSSR count). The van der Waals surface area contributed by atoms with Crippen molar-refractivity contribution >= 4 is 6.08 Å². The second-order valence-electron chi connectivity index (χ2n) is 4.63. The van der Waals surface area contributed by atoms with Crippen LogP contribution in [0.1, 0.15) is 11.1 Å². The van der Waals surface area contributed by atoms with E-state index >= 15 is 0 Å². The molecule has 0 heterocycles. The molecule has 2 aliphatic carbocycles. The van der Waals surface area contributed by atoms with Gasteiger partial charge in [-0.2, -0.15) is 0 Å². The van der Waals surface area contributed by atoms with Crippen LogP contribution in [-0.4, -0.2) is 0 Å². The molecule has 0 aliphatic heterocycles. The van der Waals surface area contributed by atoms with Gasteiger partial charge < -0.3 is 0 Å². The Labute approximate surface area is 157 Å². The first-order chi connectivity index (χ1) is 11.6. The first kappa shape index (κ1) is 21.8. The van der Waals surface area contributed by atoms with Crippen molar-refractivity contribution in [1.82, 2.24) is 0 Å². The molecule has 0 spiro atoms. The van der Waals surface area contributed by atoms with Crippen molar-refractivity contribution in [2.24, 2.45) is 0 Å². The van der Waals surface area contributed by atoms with Crippen molar-refractivity contribution in [3.8, 4) is 11.8 Å². The Morgan fingerprint density at radius 3 is 1.52 bits per heavy atom. The molecule has 0 N–H and O–H groups in total. The first-order valence-electron chi connectivity index (χ1n) is 6.95. The minimum atomic E-state index is -1.52. The molecule has 25 heavy (non-hydrogen) atoms. The van der Waals surface area contributed by atoms with Crippen molar-refractivity contribution in [2.45, 2.75) is 0 Å². The van der Waals surface area contributed by atoms with E-state index in [4.69, 9.17) is 0 Å². The third kappa shape index (κ3) is 5.62. The van der Waals surface area contributed by atoms with Crippen LogP contribution in [0, 0.1) is 98.8 Å². The fraction of sp³-hybridized carbons (Fsp3) is 0. The summed E-state index contributed by atoms with van der Waals surface area (Å²) in [6, 6.07) is 0. The monoisotopic (exact) mass is 384 g/mol. The van der Waals surface area contributed by atoms with E-state index in [1.54, 1.807) is 25.7 Å². The molecule has 0 amide bonds. The van der Waals surface area contributed by atoms with Crippen LogP contribution in [0.25, 0.3) is 6.08 Å². The van der Waals surface area contributed by atoms with Gasteiger partial charge in [-0.3, -0.25) is 0 Å². The normalized spacial score (nSPS) is 16.3. The van der Waals surface area contributed by atoms with E-state index in [2.05, 4.69) is 18.4 Å². The van der Waals surface area contributed by atoms with Crippen molar-refractivity contribution < 1.29 is 34.6 Å². The van der Waals surface area contributed by atoms with E-state index in [0.29, 0.717) is 12.0 Å². The van der Waals surface area contributed by atoms with Gasteiger partial charge in [-0.1, -0.05) is 24.5 Å². The summed E-state index contributed by atoms with van der Waals surface area (Å²) in [5, 5.41) is 0. The van der Waals surface area contributed by atoms with Gasteiger partial charge >= 0.3 is 17.1 Å². The summed E-state index contributed by atoms with van der Waals surface area (Å²) in [6.45, 7) is 3.10. The van der Waals surface area contributed by atoms with Gasteiger partial charge in [0, 0.05) is 0 Å². The molecular formula is C20H12F4Fe+2. The first-order valence-corrected chi connectivity index (χ1v) is 6.95. The molecule has 0 bridgehead atoms. The Balaban J connectivity index is 0.000000448. The van der Waals surface area contributed by atoms with Gasteiger partial charge in [0.15, 0.2) is 23.3 Å². The molecule has 0 unspecified atom stereocenters. The Bertz CT molecular complexity index is 611. The van der Waals surface area contributed by atoms with Crippen LogP contribution in [0.4, 0.5) is 17.6 Å². The smallest absolute Gasteiger partial charge is 0.203 e. The zero-order chi connectivity index (χ0) is 17.5. The van der Waals surface area contributed by atoms with E-state index < -0.39 is 34.4 Å². The van der Waals surface area contributed by atoms with Gasteiger partial charge in [-0.25, -0.2) is 17.6 Å². The van der Waals surface area contributed by atoms with Crippen molar-refractivity contribution in [3.63, 3.8) is 0 Å². The number of rotatable bonds is 1. The predicted molar refractivity (Wildman–Crippen MR) is 85.2 cm³/mol. The van der Waals surface area contributed by atoms with Crippen LogP contribution in [0.5, 0.6) is 0 Å².